The fourth-order valence-corrected chi connectivity index (χ4v) is 2.30. The highest BCUT2D eigenvalue weighted by atomic mass is 127. The van der Waals surface area contributed by atoms with Crippen molar-refractivity contribution in [2.45, 2.75) is 33.2 Å². The first kappa shape index (κ1) is 15.8. The zero-order chi connectivity index (χ0) is 14.6. The lowest BCUT2D eigenvalue weighted by molar-refractivity contribution is 0.174. The van der Waals surface area contributed by atoms with E-state index >= 15 is 0 Å². The van der Waals surface area contributed by atoms with Gasteiger partial charge >= 0.3 is 6.09 Å². The van der Waals surface area contributed by atoms with Gasteiger partial charge in [-0.15, -0.1) is 0 Å². The van der Waals surface area contributed by atoms with E-state index < -0.39 is 6.09 Å². The van der Waals surface area contributed by atoms with Crippen molar-refractivity contribution in [2.75, 3.05) is 0 Å². The highest BCUT2D eigenvalue weighted by Gasteiger charge is 2.27. The molecule has 1 unspecified atom stereocenters. The molecule has 1 atom stereocenters. The van der Waals surface area contributed by atoms with Gasteiger partial charge in [0.15, 0.2) is 0 Å². The van der Waals surface area contributed by atoms with Gasteiger partial charge in [-0.25, -0.2) is 4.79 Å². The normalized spacial score (nSPS) is 12.6. The molecule has 102 valence electrons. The summed E-state index contributed by atoms with van der Waals surface area (Å²) in [5.41, 5.74) is 1.40. The van der Waals surface area contributed by atoms with E-state index in [1.54, 1.807) is 6.07 Å². The molecule has 0 aromatic heterocycles. The monoisotopic (exact) mass is 372 g/mol. The number of nitriles is 1. The van der Waals surface area contributed by atoms with Gasteiger partial charge in [0.1, 0.15) is 0 Å². The Morgan fingerprint density at radius 2 is 2.16 bits per heavy atom. The van der Waals surface area contributed by atoms with Crippen LogP contribution in [0.2, 0.25) is 0 Å². The minimum Gasteiger partial charge on any atom is -0.465 e. The smallest absolute Gasteiger partial charge is 0.404 e. The van der Waals surface area contributed by atoms with E-state index in [0.29, 0.717) is 12.0 Å². The molecule has 0 heterocycles. The number of amides is 1. The summed E-state index contributed by atoms with van der Waals surface area (Å²) in [6.45, 7) is 5.98. The summed E-state index contributed by atoms with van der Waals surface area (Å²) in [5.74, 6) is 0. The second-order valence-electron chi connectivity index (χ2n) is 5.49. The van der Waals surface area contributed by atoms with Crippen LogP contribution in [-0.2, 0) is 6.42 Å². The Bertz CT molecular complexity index is 515. The number of nitrogens with one attached hydrogen (secondary N) is 1. The molecule has 2 N–H and O–H groups in total. The zero-order valence-corrected chi connectivity index (χ0v) is 13.4. The van der Waals surface area contributed by atoms with E-state index in [1.165, 1.54) is 0 Å². The molecule has 4 nitrogen and oxygen atoms in total. The van der Waals surface area contributed by atoms with Gasteiger partial charge in [0, 0.05) is 9.61 Å². The van der Waals surface area contributed by atoms with Gasteiger partial charge in [0.25, 0.3) is 0 Å². The highest BCUT2D eigenvalue weighted by molar-refractivity contribution is 14.1. The van der Waals surface area contributed by atoms with E-state index in [4.69, 9.17) is 10.4 Å². The van der Waals surface area contributed by atoms with Crippen molar-refractivity contribution >= 4 is 28.7 Å². The van der Waals surface area contributed by atoms with Gasteiger partial charge in [0.2, 0.25) is 0 Å². The van der Waals surface area contributed by atoms with Crippen LogP contribution < -0.4 is 5.32 Å². The molecule has 0 bridgehead atoms. The summed E-state index contributed by atoms with van der Waals surface area (Å²) in [7, 11) is 0. The predicted molar refractivity (Wildman–Crippen MR) is 82.0 cm³/mol. The Hall–Kier alpha value is -1.29. The van der Waals surface area contributed by atoms with Gasteiger partial charge in [0.05, 0.1) is 11.6 Å². The molecular formula is C14H17IN2O2. The molecule has 1 amide bonds. The van der Waals surface area contributed by atoms with Crippen molar-refractivity contribution in [3.05, 3.63) is 32.9 Å². The van der Waals surface area contributed by atoms with Gasteiger partial charge < -0.3 is 10.4 Å². The van der Waals surface area contributed by atoms with Crippen molar-refractivity contribution in [3.8, 4) is 6.07 Å². The highest BCUT2D eigenvalue weighted by Crippen LogP contribution is 2.25. The topological polar surface area (TPSA) is 73.1 Å². The van der Waals surface area contributed by atoms with Crippen LogP contribution in [-0.4, -0.2) is 17.2 Å². The molecule has 0 saturated heterocycles. The summed E-state index contributed by atoms with van der Waals surface area (Å²) in [5, 5.41) is 20.4. The first-order valence-corrected chi connectivity index (χ1v) is 7.00. The number of halogens is 1. The predicted octanol–water partition coefficient (Wildman–Crippen LogP) is 3.39. The molecule has 1 rings (SSSR count). The summed E-state index contributed by atoms with van der Waals surface area (Å²) >= 11 is 2.20. The number of hydrogen-bond donors (Lipinski definition) is 2. The molecule has 19 heavy (non-hydrogen) atoms. The Balaban J connectivity index is 3.03. The van der Waals surface area contributed by atoms with E-state index in [1.807, 2.05) is 32.9 Å². The van der Waals surface area contributed by atoms with E-state index in [0.717, 1.165) is 9.13 Å². The molecule has 0 aliphatic rings. The molecule has 0 fully saturated rings. The number of rotatable bonds is 3. The Morgan fingerprint density at radius 3 is 2.63 bits per heavy atom. The van der Waals surface area contributed by atoms with E-state index in [-0.39, 0.29) is 11.5 Å². The zero-order valence-electron chi connectivity index (χ0n) is 11.2. The minimum absolute atomic E-state index is 0.190. The number of benzene rings is 1. The Labute approximate surface area is 127 Å². The molecule has 0 radical (unpaired) electrons. The summed E-state index contributed by atoms with van der Waals surface area (Å²) in [6.07, 6.45) is -0.449. The standard InChI is InChI=1S/C14H17IN2O2/c1-14(2,3)12(17-13(18)19)7-10-6-9(8-16)4-5-11(10)15/h4-6,12,17H,7H2,1-3H3,(H,18,19). The second-order valence-corrected chi connectivity index (χ2v) is 6.65. The largest absolute Gasteiger partial charge is 0.465 e. The summed E-state index contributed by atoms with van der Waals surface area (Å²) < 4.78 is 1.04. The van der Waals surface area contributed by atoms with E-state index in [9.17, 15) is 4.79 Å². The molecule has 1 aromatic rings. The fraction of sp³-hybridized carbons (Fsp3) is 0.429. The third kappa shape index (κ3) is 4.71. The molecule has 0 saturated carbocycles. The van der Waals surface area contributed by atoms with Crippen LogP contribution in [0.15, 0.2) is 18.2 Å². The van der Waals surface area contributed by atoms with Crippen LogP contribution in [0.4, 0.5) is 4.79 Å². The second kappa shape index (κ2) is 6.24. The number of carboxylic acid groups (broad SMARTS) is 1. The van der Waals surface area contributed by atoms with Gasteiger partial charge in [-0.1, -0.05) is 20.8 Å². The molecular weight excluding hydrogens is 355 g/mol. The lowest BCUT2D eigenvalue weighted by Gasteiger charge is -2.31. The van der Waals surface area contributed by atoms with Gasteiger partial charge in [-0.3, -0.25) is 0 Å². The van der Waals surface area contributed by atoms with Crippen LogP contribution in [0, 0.1) is 20.3 Å². The van der Waals surface area contributed by atoms with Crippen LogP contribution in [0.25, 0.3) is 0 Å². The van der Waals surface area contributed by atoms with Crippen molar-refractivity contribution in [1.29, 1.82) is 5.26 Å². The Kier molecular flexibility index (Phi) is 5.18. The van der Waals surface area contributed by atoms with Crippen LogP contribution in [0.5, 0.6) is 0 Å². The average Bonchev–Trinajstić information content (AvgIpc) is 2.29. The number of carbonyl (C=O) groups is 1. The van der Waals surface area contributed by atoms with Crippen LogP contribution in [0.3, 0.4) is 0 Å². The average molecular weight is 372 g/mol. The maximum atomic E-state index is 10.9. The third-order valence-electron chi connectivity index (χ3n) is 2.94. The van der Waals surface area contributed by atoms with Gasteiger partial charge in [-0.2, -0.15) is 5.26 Å². The fourth-order valence-electron chi connectivity index (χ4n) is 1.74. The molecule has 0 aliphatic heterocycles. The Morgan fingerprint density at radius 1 is 1.53 bits per heavy atom. The minimum atomic E-state index is -1.02. The van der Waals surface area contributed by atoms with Crippen molar-refractivity contribution in [2.24, 2.45) is 5.41 Å². The van der Waals surface area contributed by atoms with Crippen molar-refractivity contribution < 1.29 is 9.90 Å². The first-order chi connectivity index (χ1) is 8.74. The number of hydrogen-bond acceptors (Lipinski definition) is 2. The quantitative estimate of drug-likeness (QED) is 0.799. The number of nitrogens with zero attached hydrogens (tertiary/aromatic N) is 1. The third-order valence-corrected chi connectivity index (χ3v) is 3.99. The molecule has 0 aliphatic carbocycles. The maximum absolute atomic E-state index is 10.9. The van der Waals surface area contributed by atoms with Crippen LogP contribution in [0.1, 0.15) is 31.9 Å². The van der Waals surface area contributed by atoms with Gasteiger partial charge in [-0.05, 0) is 58.2 Å². The van der Waals surface area contributed by atoms with Crippen molar-refractivity contribution in [3.63, 3.8) is 0 Å². The maximum Gasteiger partial charge on any atom is 0.404 e. The van der Waals surface area contributed by atoms with Crippen LogP contribution >= 0.6 is 22.6 Å². The SMILES string of the molecule is CC(C)(C)C(Cc1cc(C#N)ccc1I)NC(=O)O. The first-order valence-electron chi connectivity index (χ1n) is 5.92. The summed E-state index contributed by atoms with van der Waals surface area (Å²) in [6, 6.07) is 7.38. The molecule has 0 spiro atoms. The molecule has 1 aromatic carbocycles. The molecule has 5 heteroatoms. The van der Waals surface area contributed by atoms with E-state index in [2.05, 4.69) is 34.0 Å². The van der Waals surface area contributed by atoms with Crippen molar-refractivity contribution in [1.82, 2.24) is 5.32 Å². The summed E-state index contributed by atoms with van der Waals surface area (Å²) in [4.78, 5) is 10.9. The lowest BCUT2D eigenvalue weighted by Crippen LogP contribution is -2.44. The lowest BCUT2D eigenvalue weighted by atomic mass is 9.83.